The first-order chi connectivity index (χ1) is 7.71. The van der Waals surface area contributed by atoms with Crippen molar-refractivity contribution in [2.24, 2.45) is 0 Å². The zero-order valence-electron chi connectivity index (χ0n) is 9.10. The van der Waals surface area contributed by atoms with Gasteiger partial charge in [0.2, 0.25) is 4.75 Å². The van der Waals surface area contributed by atoms with Crippen molar-refractivity contribution in [1.82, 2.24) is 10.3 Å². The zero-order valence-corrected chi connectivity index (χ0v) is 10.7. The molecule has 0 bridgehead atoms. The first-order valence-corrected chi connectivity index (χ1v) is 6.95. The second-order valence-electron chi connectivity index (χ2n) is 3.80. The average Bonchev–Trinajstić information content (AvgIpc) is 2.72. The highest BCUT2D eigenvalue weighted by Gasteiger charge is 2.51. The third-order valence-corrected chi connectivity index (χ3v) is 5.73. The molecule has 0 radical (unpaired) electrons. The smallest absolute Gasteiger partial charge is 0.201 e. The Morgan fingerprint density at radius 2 is 2.50 bits per heavy atom. The summed E-state index contributed by atoms with van der Waals surface area (Å²) >= 11 is 4.41. The van der Waals surface area contributed by atoms with Crippen molar-refractivity contribution in [3.8, 4) is 0 Å². The van der Waals surface area contributed by atoms with Crippen LogP contribution in [0.15, 0.2) is 24.5 Å². The monoisotopic (exact) mass is 254 g/mol. The van der Waals surface area contributed by atoms with Crippen LogP contribution in [0, 0.1) is 0 Å². The van der Waals surface area contributed by atoms with Gasteiger partial charge in [-0.25, -0.2) is 0 Å². The molecule has 0 amide bonds. The molecule has 1 fully saturated rings. The lowest BCUT2D eigenvalue weighted by Crippen LogP contribution is -2.45. The molecule has 1 saturated heterocycles. The Morgan fingerprint density at radius 3 is 3.00 bits per heavy atom. The normalized spacial score (nSPS) is 29.0. The summed E-state index contributed by atoms with van der Waals surface area (Å²) in [4.78, 5) is 4.77. The second-order valence-corrected chi connectivity index (χ2v) is 6.01. The molecule has 2 heterocycles. The summed E-state index contributed by atoms with van der Waals surface area (Å²) in [6.07, 6.45) is 5.28. The SMILES string of the molecule is CNC(=S)C1(c2cccnc2)CCC[S+]1[O-]. The molecule has 3 nitrogen and oxygen atoms in total. The maximum atomic E-state index is 12.3. The van der Waals surface area contributed by atoms with Crippen molar-refractivity contribution in [2.75, 3.05) is 12.8 Å². The van der Waals surface area contributed by atoms with Gasteiger partial charge in [0, 0.05) is 31.4 Å². The van der Waals surface area contributed by atoms with Gasteiger partial charge < -0.3 is 9.87 Å². The van der Waals surface area contributed by atoms with Crippen molar-refractivity contribution >= 4 is 28.4 Å². The highest BCUT2D eigenvalue weighted by atomic mass is 32.2. The van der Waals surface area contributed by atoms with Gasteiger partial charge in [-0.3, -0.25) is 4.98 Å². The number of pyridine rings is 1. The number of nitrogens with one attached hydrogen (secondary N) is 1. The fourth-order valence-electron chi connectivity index (χ4n) is 2.17. The second kappa shape index (κ2) is 4.69. The van der Waals surface area contributed by atoms with Gasteiger partial charge >= 0.3 is 0 Å². The van der Waals surface area contributed by atoms with Gasteiger partial charge in [-0.15, -0.1) is 0 Å². The molecule has 2 unspecified atom stereocenters. The fraction of sp³-hybridized carbons (Fsp3) is 0.455. The predicted molar refractivity (Wildman–Crippen MR) is 69.8 cm³/mol. The number of hydrogen-bond acceptors (Lipinski definition) is 3. The predicted octanol–water partition coefficient (Wildman–Crippen LogP) is 1.37. The molecule has 1 N–H and O–H groups in total. The number of aromatic nitrogens is 1. The summed E-state index contributed by atoms with van der Waals surface area (Å²) in [7, 11) is 1.79. The van der Waals surface area contributed by atoms with Crippen LogP contribution in [-0.4, -0.2) is 27.3 Å². The molecule has 16 heavy (non-hydrogen) atoms. The molecule has 0 aliphatic carbocycles. The largest absolute Gasteiger partial charge is 0.615 e. The van der Waals surface area contributed by atoms with E-state index in [0.717, 1.165) is 24.2 Å². The molecule has 0 spiro atoms. The van der Waals surface area contributed by atoms with Gasteiger partial charge in [0.1, 0.15) is 10.7 Å². The van der Waals surface area contributed by atoms with E-state index in [-0.39, 0.29) is 0 Å². The highest BCUT2D eigenvalue weighted by molar-refractivity contribution is 7.95. The lowest BCUT2D eigenvalue weighted by molar-refractivity contribution is 0.576. The maximum Gasteiger partial charge on any atom is 0.201 e. The minimum atomic E-state index is -0.944. The van der Waals surface area contributed by atoms with Crippen LogP contribution >= 0.6 is 12.2 Å². The lowest BCUT2D eigenvalue weighted by atomic mass is 9.95. The van der Waals surface area contributed by atoms with Gasteiger partial charge in [0.15, 0.2) is 0 Å². The Kier molecular flexibility index (Phi) is 3.47. The minimum Gasteiger partial charge on any atom is -0.615 e. The first-order valence-electron chi connectivity index (χ1n) is 5.23. The summed E-state index contributed by atoms with van der Waals surface area (Å²) in [5.41, 5.74) is 0.963. The summed E-state index contributed by atoms with van der Waals surface area (Å²) in [6, 6.07) is 3.82. The van der Waals surface area contributed by atoms with E-state index in [1.165, 1.54) is 0 Å². The number of nitrogens with zero attached hydrogens (tertiary/aromatic N) is 1. The number of likely N-dealkylation sites (N-methyl/N-ethyl adjacent to an activating group) is 1. The van der Waals surface area contributed by atoms with Gasteiger partial charge in [0.05, 0.1) is 0 Å². The van der Waals surface area contributed by atoms with Crippen LogP contribution in [0.2, 0.25) is 0 Å². The Balaban J connectivity index is 2.47. The fourth-order valence-corrected chi connectivity index (χ4v) is 4.49. The molecule has 5 heteroatoms. The van der Waals surface area contributed by atoms with E-state index >= 15 is 0 Å². The average molecular weight is 254 g/mol. The molecule has 1 aromatic rings. The van der Waals surface area contributed by atoms with E-state index in [1.807, 2.05) is 12.1 Å². The minimum absolute atomic E-state index is 0.516. The summed E-state index contributed by atoms with van der Waals surface area (Å²) < 4.78 is 11.7. The number of thiocarbonyl (C=S) groups is 1. The van der Waals surface area contributed by atoms with Crippen molar-refractivity contribution in [3.63, 3.8) is 0 Å². The maximum absolute atomic E-state index is 12.3. The van der Waals surface area contributed by atoms with Crippen LogP contribution in [0.25, 0.3) is 0 Å². The number of hydrogen-bond donors (Lipinski definition) is 1. The molecular formula is C11H14N2OS2. The third kappa shape index (κ3) is 1.73. The molecule has 1 aromatic heterocycles. The van der Waals surface area contributed by atoms with E-state index in [0.29, 0.717) is 4.99 Å². The Labute approximate surface area is 104 Å². The van der Waals surface area contributed by atoms with Gasteiger partial charge in [0.25, 0.3) is 0 Å². The first kappa shape index (κ1) is 11.8. The van der Waals surface area contributed by atoms with E-state index in [4.69, 9.17) is 12.2 Å². The van der Waals surface area contributed by atoms with Crippen LogP contribution in [-0.2, 0) is 15.9 Å². The van der Waals surface area contributed by atoms with Gasteiger partial charge in [-0.2, -0.15) is 0 Å². The third-order valence-electron chi connectivity index (χ3n) is 2.97. The quantitative estimate of drug-likeness (QED) is 0.639. The molecule has 86 valence electrons. The highest BCUT2D eigenvalue weighted by Crippen LogP contribution is 2.42. The van der Waals surface area contributed by atoms with Crippen LogP contribution < -0.4 is 5.32 Å². The van der Waals surface area contributed by atoms with E-state index < -0.39 is 15.9 Å². The Morgan fingerprint density at radius 1 is 1.69 bits per heavy atom. The Hall–Kier alpha value is -0.650. The van der Waals surface area contributed by atoms with Crippen LogP contribution in [0.3, 0.4) is 0 Å². The standard InChI is InChI=1S/C11H14N2OS2/c1-12-10(15)11(5-3-7-16(11)14)9-4-2-6-13-8-9/h2,4,6,8H,3,5,7H2,1H3,(H,12,15). The summed E-state index contributed by atoms with van der Waals surface area (Å²) in [6.45, 7) is 0. The summed E-state index contributed by atoms with van der Waals surface area (Å²) in [5.74, 6) is 0.719. The van der Waals surface area contributed by atoms with Crippen molar-refractivity contribution in [3.05, 3.63) is 30.1 Å². The van der Waals surface area contributed by atoms with E-state index in [9.17, 15) is 4.55 Å². The molecule has 2 atom stereocenters. The lowest BCUT2D eigenvalue weighted by Gasteiger charge is -2.30. The number of rotatable bonds is 2. The summed E-state index contributed by atoms with van der Waals surface area (Å²) in [5, 5.41) is 2.99. The van der Waals surface area contributed by atoms with Crippen molar-refractivity contribution in [2.45, 2.75) is 17.6 Å². The van der Waals surface area contributed by atoms with Crippen LogP contribution in [0.4, 0.5) is 0 Å². The van der Waals surface area contributed by atoms with E-state index in [1.54, 1.807) is 19.4 Å². The van der Waals surface area contributed by atoms with Crippen LogP contribution in [0.1, 0.15) is 18.4 Å². The zero-order chi connectivity index (χ0) is 11.6. The molecule has 2 rings (SSSR count). The van der Waals surface area contributed by atoms with Crippen molar-refractivity contribution in [1.29, 1.82) is 0 Å². The molecular weight excluding hydrogens is 240 g/mol. The van der Waals surface area contributed by atoms with Gasteiger partial charge in [-0.05, 0) is 23.7 Å². The van der Waals surface area contributed by atoms with Crippen molar-refractivity contribution < 1.29 is 4.55 Å². The molecule has 0 saturated carbocycles. The topological polar surface area (TPSA) is 48.0 Å². The van der Waals surface area contributed by atoms with Gasteiger partial charge in [-0.1, -0.05) is 18.3 Å². The van der Waals surface area contributed by atoms with Crippen LogP contribution in [0.5, 0.6) is 0 Å². The van der Waals surface area contributed by atoms with E-state index in [2.05, 4.69) is 10.3 Å². The molecule has 1 aliphatic heterocycles. The molecule has 1 aliphatic rings. The molecule has 0 aromatic carbocycles. The Bertz CT molecular complexity index is 385.